The lowest BCUT2D eigenvalue weighted by atomic mass is 10.3. The molecule has 0 fully saturated rings. The van der Waals surface area contributed by atoms with Gasteiger partial charge in [0, 0.05) is 24.1 Å². The van der Waals surface area contributed by atoms with Gasteiger partial charge in [-0.3, -0.25) is 0 Å². The first-order valence-electron chi connectivity index (χ1n) is 5.89. The van der Waals surface area contributed by atoms with Gasteiger partial charge in [-0.15, -0.1) is 0 Å². The fraction of sp³-hybridized carbons (Fsp3) is 0.231. The third-order valence-corrected chi connectivity index (χ3v) is 4.71. The van der Waals surface area contributed by atoms with Gasteiger partial charge in [-0.05, 0) is 30.3 Å². The van der Waals surface area contributed by atoms with E-state index >= 15 is 0 Å². The van der Waals surface area contributed by atoms with Gasteiger partial charge in [0.1, 0.15) is 18.1 Å². The quantitative estimate of drug-likeness (QED) is 0.829. The summed E-state index contributed by atoms with van der Waals surface area (Å²) in [5.41, 5.74) is 0. The summed E-state index contributed by atoms with van der Waals surface area (Å²) in [5.74, 6) is 0.854. The van der Waals surface area contributed by atoms with Gasteiger partial charge in [0.05, 0.1) is 0 Å². The van der Waals surface area contributed by atoms with E-state index in [9.17, 15) is 8.42 Å². The maximum absolute atomic E-state index is 11.9. The lowest BCUT2D eigenvalue weighted by molar-refractivity contribution is 0.256. The van der Waals surface area contributed by atoms with Gasteiger partial charge in [-0.1, -0.05) is 23.2 Å². The van der Waals surface area contributed by atoms with E-state index in [0.29, 0.717) is 21.6 Å². The van der Waals surface area contributed by atoms with Crippen LogP contribution in [0.3, 0.4) is 0 Å². The first-order chi connectivity index (χ1) is 9.79. The summed E-state index contributed by atoms with van der Waals surface area (Å²) in [6, 6.07) is 7.73. The van der Waals surface area contributed by atoms with E-state index in [1.54, 1.807) is 24.3 Å². The second kappa shape index (κ2) is 6.27. The Bertz CT molecular complexity index is 720. The third-order valence-electron chi connectivity index (χ3n) is 2.59. The van der Waals surface area contributed by atoms with Crippen LogP contribution in [0, 0.1) is 0 Å². The van der Waals surface area contributed by atoms with Crippen LogP contribution >= 0.6 is 23.2 Å². The largest absolute Gasteiger partial charge is 0.486 e. The molecule has 0 atom stereocenters. The van der Waals surface area contributed by atoms with E-state index in [1.165, 1.54) is 20.2 Å². The van der Waals surface area contributed by atoms with Crippen LogP contribution < -0.4 is 4.74 Å². The maximum atomic E-state index is 11.9. The van der Waals surface area contributed by atoms with Crippen molar-refractivity contribution < 1.29 is 17.6 Å². The molecule has 2 rings (SSSR count). The van der Waals surface area contributed by atoms with Crippen LogP contribution in [0.4, 0.5) is 0 Å². The van der Waals surface area contributed by atoms with Gasteiger partial charge < -0.3 is 9.15 Å². The number of hydrogen-bond donors (Lipinski definition) is 0. The number of benzene rings is 1. The van der Waals surface area contributed by atoms with Crippen molar-refractivity contribution >= 4 is 33.2 Å². The molecule has 0 spiro atoms. The summed E-state index contributed by atoms with van der Waals surface area (Å²) in [6.07, 6.45) is 0. The number of halogens is 2. The normalized spacial score (nSPS) is 11.9. The fourth-order valence-electron chi connectivity index (χ4n) is 1.52. The second-order valence-corrected chi connectivity index (χ2v) is 7.36. The van der Waals surface area contributed by atoms with Crippen molar-refractivity contribution in [1.82, 2.24) is 4.31 Å². The number of furan rings is 1. The highest BCUT2D eigenvalue weighted by molar-refractivity contribution is 7.88. The monoisotopic (exact) mass is 349 g/mol. The first kappa shape index (κ1) is 16.2. The molecule has 1 aromatic heterocycles. The molecule has 21 heavy (non-hydrogen) atoms. The summed E-state index contributed by atoms with van der Waals surface area (Å²) in [7, 11) is -0.718. The van der Waals surface area contributed by atoms with E-state index in [1.807, 2.05) is 0 Å². The van der Waals surface area contributed by atoms with Crippen LogP contribution in [0.1, 0.15) is 5.76 Å². The maximum Gasteiger partial charge on any atom is 0.275 e. The minimum atomic E-state index is -3.58. The van der Waals surface area contributed by atoms with Crippen LogP contribution in [0.25, 0.3) is 0 Å². The molecule has 0 aliphatic carbocycles. The summed E-state index contributed by atoms with van der Waals surface area (Å²) < 4.78 is 35.5. The number of rotatable bonds is 5. The van der Waals surface area contributed by atoms with E-state index in [-0.39, 0.29) is 11.7 Å². The first-order valence-corrected chi connectivity index (χ1v) is 8.09. The molecule has 0 bridgehead atoms. The molecule has 114 valence electrons. The number of hydrogen-bond acceptors (Lipinski definition) is 4. The predicted octanol–water partition coefficient (Wildman–Crippen LogP) is 3.42. The van der Waals surface area contributed by atoms with E-state index in [4.69, 9.17) is 32.4 Å². The van der Waals surface area contributed by atoms with Gasteiger partial charge in [0.15, 0.2) is 0 Å². The third kappa shape index (κ3) is 3.91. The molecule has 5 nitrogen and oxygen atoms in total. The molecule has 0 aliphatic heterocycles. The van der Waals surface area contributed by atoms with Crippen molar-refractivity contribution in [2.45, 2.75) is 11.7 Å². The molecule has 0 radical (unpaired) electrons. The summed E-state index contributed by atoms with van der Waals surface area (Å²) >= 11 is 11.7. The summed E-state index contributed by atoms with van der Waals surface area (Å²) in [5, 5.41) is 0.774. The van der Waals surface area contributed by atoms with Crippen molar-refractivity contribution in [3.8, 4) is 5.75 Å². The van der Waals surface area contributed by atoms with Crippen molar-refractivity contribution in [3.63, 3.8) is 0 Å². The Hall–Kier alpha value is -1.21. The van der Waals surface area contributed by atoms with E-state index in [2.05, 4.69) is 0 Å². The van der Waals surface area contributed by atoms with Crippen LogP contribution in [-0.4, -0.2) is 26.8 Å². The van der Waals surface area contributed by atoms with Crippen molar-refractivity contribution in [3.05, 3.63) is 46.1 Å². The molecular formula is C13H13Cl2NO4S. The van der Waals surface area contributed by atoms with Crippen LogP contribution in [0.5, 0.6) is 5.75 Å². The number of sulfonamides is 1. The number of ether oxygens (including phenoxy) is 1. The molecule has 0 unspecified atom stereocenters. The molecule has 0 N–H and O–H groups in total. The lowest BCUT2D eigenvalue weighted by Gasteiger charge is -2.08. The zero-order chi connectivity index (χ0) is 15.6. The van der Waals surface area contributed by atoms with Crippen LogP contribution in [0.2, 0.25) is 10.0 Å². The standard InChI is InChI=1S/C13H13Cl2NO4S/c1-16(2)21(17,18)13-4-3-11(20-13)8-19-12-6-9(14)5-10(15)7-12/h3-7H,8H2,1-2H3. The predicted molar refractivity (Wildman–Crippen MR) is 80.4 cm³/mol. The molecule has 0 saturated heterocycles. The Balaban J connectivity index is 2.10. The Labute approximate surface area is 133 Å². The van der Waals surface area contributed by atoms with Gasteiger partial charge in [0.2, 0.25) is 5.09 Å². The molecule has 0 saturated carbocycles. The topological polar surface area (TPSA) is 59.8 Å². The Kier molecular flexibility index (Phi) is 4.83. The van der Waals surface area contributed by atoms with E-state index in [0.717, 1.165) is 4.31 Å². The molecule has 2 aromatic rings. The minimum Gasteiger partial charge on any atom is -0.486 e. The van der Waals surface area contributed by atoms with E-state index < -0.39 is 10.0 Å². The molecular weight excluding hydrogens is 337 g/mol. The SMILES string of the molecule is CN(C)S(=O)(=O)c1ccc(COc2cc(Cl)cc(Cl)c2)o1. The Morgan fingerprint density at radius 2 is 1.76 bits per heavy atom. The highest BCUT2D eigenvalue weighted by atomic mass is 35.5. The molecule has 0 amide bonds. The second-order valence-electron chi connectivity index (χ2n) is 4.40. The van der Waals surface area contributed by atoms with Crippen molar-refractivity contribution in [2.75, 3.05) is 14.1 Å². The minimum absolute atomic E-state index is 0.0691. The zero-order valence-corrected chi connectivity index (χ0v) is 13.7. The average molecular weight is 350 g/mol. The average Bonchev–Trinajstić information content (AvgIpc) is 2.84. The summed E-state index contributed by atoms with van der Waals surface area (Å²) in [6.45, 7) is 0.0691. The van der Waals surface area contributed by atoms with Crippen molar-refractivity contribution in [2.24, 2.45) is 0 Å². The lowest BCUT2D eigenvalue weighted by Crippen LogP contribution is -2.21. The molecule has 1 aromatic carbocycles. The fourth-order valence-corrected chi connectivity index (χ4v) is 2.84. The Morgan fingerprint density at radius 1 is 1.14 bits per heavy atom. The van der Waals surface area contributed by atoms with Gasteiger partial charge in [0.25, 0.3) is 10.0 Å². The Morgan fingerprint density at radius 3 is 2.33 bits per heavy atom. The van der Waals surface area contributed by atoms with Gasteiger partial charge in [-0.2, -0.15) is 0 Å². The molecule has 8 heteroatoms. The zero-order valence-electron chi connectivity index (χ0n) is 11.3. The van der Waals surface area contributed by atoms with Crippen molar-refractivity contribution in [1.29, 1.82) is 0 Å². The smallest absolute Gasteiger partial charge is 0.275 e. The highest BCUT2D eigenvalue weighted by Crippen LogP contribution is 2.25. The molecule has 0 aliphatic rings. The van der Waals surface area contributed by atoms with Gasteiger partial charge in [-0.25, -0.2) is 12.7 Å². The van der Waals surface area contributed by atoms with Gasteiger partial charge >= 0.3 is 0 Å². The molecule has 1 heterocycles. The highest BCUT2D eigenvalue weighted by Gasteiger charge is 2.21. The summed E-state index contributed by atoms with van der Waals surface area (Å²) in [4.78, 5) is 0. The number of nitrogens with zero attached hydrogens (tertiary/aromatic N) is 1. The van der Waals surface area contributed by atoms with Crippen LogP contribution in [-0.2, 0) is 16.6 Å². The van der Waals surface area contributed by atoms with Crippen LogP contribution in [0.15, 0.2) is 39.8 Å².